The predicted molar refractivity (Wildman–Crippen MR) is 71.3 cm³/mol. The van der Waals surface area contributed by atoms with Crippen molar-refractivity contribution in [3.63, 3.8) is 0 Å². The average molecular weight is 366 g/mol. The van der Waals surface area contributed by atoms with Gasteiger partial charge >= 0.3 is 0 Å². The van der Waals surface area contributed by atoms with Gasteiger partial charge in [0.15, 0.2) is 17.5 Å². The molecule has 0 saturated carbocycles. The van der Waals surface area contributed by atoms with Crippen LogP contribution in [0.4, 0.5) is 18.9 Å². The molecule has 0 aliphatic heterocycles. The lowest BCUT2D eigenvalue weighted by molar-refractivity contribution is 0.448. The van der Waals surface area contributed by atoms with E-state index in [0.29, 0.717) is 16.6 Å². The number of hydrogen-bond acceptors (Lipinski definition) is 2. The Labute approximate surface area is 121 Å². The highest BCUT2D eigenvalue weighted by Crippen LogP contribution is 2.21. The summed E-state index contributed by atoms with van der Waals surface area (Å²) < 4.78 is 65.4. The van der Waals surface area contributed by atoms with E-state index in [2.05, 4.69) is 15.9 Å². The van der Waals surface area contributed by atoms with Crippen LogP contribution in [0.1, 0.15) is 0 Å². The molecule has 2 aromatic carbocycles. The summed E-state index contributed by atoms with van der Waals surface area (Å²) in [6, 6.07) is 6.75. The molecule has 20 heavy (non-hydrogen) atoms. The summed E-state index contributed by atoms with van der Waals surface area (Å²) in [5.74, 6) is -4.60. The van der Waals surface area contributed by atoms with Gasteiger partial charge in [0.1, 0.15) is 0 Å². The molecule has 0 radical (unpaired) electrons. The topological polar surface area (TPSA) is 46.2 Å². The van der Waals surface area contributed by atoms with Crippen LogP contribution < -0.4 is 4.72 Å². The zero-order valence-electron chi connectivity index (χ0n) is 9.70. The van der Waals surface area contributed by atoms with Gasteiger partial charge in [-0.05, 0) is 24.3 Å². The number of sulfonamides is 1. The fourth-order valence-corrected chi connectivity index (χ4v) is 2.75. The molecule has 0 unspecified atom stereocenters. The van der Waals surface area contributed by atoms with Crippen LogP contribution in [0.5, 0.6) is 0 Å². The zero-order chi connectivity index (χ0) is 14.9. The number of anilines is 1. The number of benzene rings is 2. The lowest BCUT2D eigenvalue weighted by Gasteiger charge is -2.09. The lowest BCUT2D eigenvalue weighted by Crippen LogP contribution is -2.13. The molecule has 0 fully saturated rings. The molecule has 1 N–H and O–H groups in total. The van der Waals surface area contributed by atoms with Gasteiger partial charge in [-0.15, -0.1) is 0 Å². The summed E-state index contributed by atoms with van der Waals surface area (Å²) in [6.45, 7) is 0. The van der Waals surface area contributed by atoms with Crippen LogP contribution in [0.15, 0.2) is 45.8 Å². The molecule has 8 heteroatoms. The van der Waals surface area contributed by atoms with Gasteiger partial charge in [0.2, 0.25) is 0 Å². The van der Waals surface area contributed by atoms with Crippen LogP contribution in [0.3, 0.4) is 0 Å². The third-order valence-electron chi connectivity index (χ3n) is 2.36. The smallest absolute Gasteiger partial charge is 0.261 e. The highest BCUT2D eigenvalue weighted by molar-refractivity contribution is 9.10. The first-order chi connectivity index (χ1) is 9.29. The van der Waals surface area contributed by atoms with Gasteiger partial charge in [0.05, 0.1) is 10.6 Å². The molecule has 0 spiro atoms. The maximum atomic E-state index is 13.0. The molecule has 0 amide bonds. The molecule has 0 aliphatic carbocycles. The molecule has 0 aromatic heterocycles. The number of rotatable bonds is 3. The van der Waals surface area contributed by atoms with E-state index in [1.165, 1.54) is 24.3 Å². The first kappa shape index (κ1) is 14.9. The zero-order valence-corrected chi connectivity index (χ0v) is 12.1. The van der Waals surface area contributed by atoms with E-state index in [-0.39, 0.29) is 4.90 Å². The highest BCUT2D eigenvalue weighted by Gasteiger charge is 2.17. The Morgan fingerprint density at radius 2 is 1.45 bits per heavy atom. The molecule has 0 aliphatic rings. The minimum Gasteiger partial charge on any atom is -0.279 e. The number of hydrogen-bond donors (Lipinski definition) is 1. The van der Waals surface area contributed by atoms with Crippen LogP contribution in [-0.4, -0.2) is 8.42 Å². The summed E-state index contributed by atoms with van der Waals surface area (Å²) in [7, 11) is -4.00. The fourth-order valence-electron chi connectivity index (χ4n) is 1.44. The Kier molecular flexibility index (Phi) is 4.05. The van der Waals surface area contributed by atoms with E-state index in [1.807, 2.05) is 4.72 Å². The van der Waals surface area contributed by atoms with E-state index < -0.39 is 33.2 Å². The van der Waals surface area contributed by atoms with Crippen molar-refractivity contribution in [1.29, 1.82) is 0 Å². The summed E-state index contributed by atoms with van der Waals surface area (Å²) >= 11 is 3.15. The van der Waals surface area contributed by atoms with Crippen LogP contribution in [0, 0.1) is 17.5 Å². The van der Waals surface area contributed by atoms with Gasteiger partial charge < -0.3 is 0 Å². The average Bonchev–Trinajstić information content (AvgIpc) is 2.36. The third-order valence-corrected chi connectivity index (χ3v) is 4.29. The fraction of sp³-hybridized carbons (Fsp3) is 0. The molecular weight excluding hydrogens is 359 g/mol. The van der Waals surface area contributed by atoms with Gasteiger partial charge in [-0.25, -0.2) is 21.6 Å². The normalized spacial score (nSPS) is 11.4. The van der Waals surface area contributed by atoms with Gasteiger partial charge in [-0.3, -0.25) is 4.72 Å². The Bertz CT molecular complexity index is 725. The van der Waals surface area contributed by atoms with Gasteiger partial charge in [0.25, 0.3) is 10.0 Å². The first-order valence-electron chi connectivity index (χ1n) is 5.22. The van der Waals surface area contributed by atoms with Crippen molar-refractivity contribution in [1.82, 2.24) is 0 Å². The number of halogens is 4. The van der Waals surface area contributed by atoms with E-state index in [9.17, 15) is 21.6 Å². The molecule has 0 saturated heterocycles. The SMILES string of the molecule is O=S(=O)(Nc1cc(F)c(F)c(F)c1)c1ccc(Br)cc1. The second-order valence-corrected chi connectivity index (χ2v) is 6.41. The van der Waals surface area contributed by atoms with Crippen LogP contribution in [0.25, 0.3) is 0 Å². The largest absolute Gasteiger partial charge is 0.279 e. The monoisotopic (exact) mass is 365 g/mol. The van der Waals surface area contributed by atoms with Gasteiger partial charge in [0, 0.05) is 16.6 Å². The molecule has 2 aromatic rings. The molecule has 0 atom stereocenters. The molecule has 2 rings (SSSR count). The van der Waals surface area contributed by atoms with E-state index >= 15 is 0 Å². The van der Waals surface area contributed by atoms with E-state index in [4.69, 9.17) is 0 Å². The molecule has 0 bridgehead atoms. The highest BCUT2D eigenvalue weighted by atomic mass is 79.9. The lowest BCUT2D eigenvalue weighted by atomic mass is 10.3. The van der Waals surface area contributed by atoms with Crippen LogP contribution in [-0.2, 0) is 10.0 Å². The summed E-state index contributed by atoms with van der Waals surface area (Å²) in [5.41, 5.74) is -0.399. The first-order valence-corrected chi connectivity index (χ1v) is 7.50. The Hall–Kier alpha value is -1.54. The quantitative estimate of drug-likeness (QED) is 0.843. The van der Waals surface area contributed by atoms with Crippen molar-refractivity contribution in [3.05, 3.63) is 58.3 Å². The summed E-state index contributed by atoms with van der Waals surface area (Å²) in [6.07, 6.45) is 0. The van der Waals surface area contributed by atoms with E-state index in [0.717, 1.165) is 0 Å². The predicted octanol–water partition coefficient (Wildman–Crippen LogP) is 3.67. The van der Waals surface area contributed by atoms with E-state index in [1.54, 1.807) is 0 Å². The standard InChI is InChI=1S/C12H7BrF3NO2S/c13-7-1-3-9(4-2-7)20(18,19)17-8-5-10(14)12(16)11(15)6-8/h1-6,17H. The van der Waals surface area contributed by atoms with Crippen molar-refractivity contribution in [2.45, 2.75) is 4.90 Å². The number of nitrogens with one attached hydrogen (secondary N) is 1. The van der Waals surface area contributed by atoms with Crippen molar-refractivity contribution in [2.75, 3.05) is 4.72 Å². The van der Waals surface area contributed by atoms with Crippen LogP contribution in [0.2, 0.25) is 0 Å². The van der Waals surface area contributed by atoms with Crippen molar-refractivity contribution >= 4 is 31.6 Å². The minimum atomic E-state index is -4.00. The van der Waals surface area contributed by atoms with Gasteiger partial charge in [-0.2, -0.15) is 0 Å². The minimum absolute atomic E-state index is 0.0918. The Morgan fingerprint density at radius 1 is 0.950 bits per heavy atom. The summed E-state index contributed by atoms with van der Waals surface area (Å²) in [5, 5.41) is 0. The molecule has 3 nitrogen and oxygen atoms in total. The van der Waals surface area contributed by atoms with Crippen molar-refractivity contribution in [2.24, 2.45) is 0 Å². The second kappa shape index (κ2) is 5.45. The second-order valence-electron chi connectivity index (χ2n) is 3.81. The molecule has 0 heterocycles. The Morgan fingerprint density at radius 3 is 1.95 bits per heavy atom. The molecular formula is C12H7BrF3NO2S. The summed E-state index contributed by atoms with van der Waals surface area (Å²) in [4.78, 5) is -0.0918. The third kappa shape index (κ3) is 3.13. The maximum Gasteiger partial charge on any atom is 0.261 e. The Balaban J connectivity index is 2.36. The van der Waals surface area contributed by atoms with Crippen molar-refractivity contribution in [3.8, 4) is 0 Å². The maximum absolute atomic E-state index is 13.0. The van der Waals surface area contributed by atoms with Crippen molar-refractivity contribution < 1.29 is 21.6 Å². The van der Waals surface area contributed by atoms with Crippen LogP contribution >= 0.6 is 15.9 Å². The van der Waals surface area contributed by atoms with Gasteiger partial charge in [-0.1, -0.05) is 15.9 Å². The molecule has 106 valence electrons.